The zero-order valence-electron chi connectivity index (χ0n) is 14.1. The molecule has 0 saturated carbocycles. The van der Waals surface area contributed by atoms with E-state index in [9.17, 15) is 18.0 Å². The summed E-state index contributed by atoms with van der Waals surface area (Å²) in [5, 5.41) is 9.75. The first-order valence-corrected chi connectivity index (χ1v) is 8.10. The summed E-state index contributed by atoms with van der Waals surface area (Å²) in [7, 11) is 0. The van der Waals surface area contributed by atoms with E-state index in [1.807, 2.05) is 0 Å². The number of para-hydroxylation sites is 2. The number of hydrogen-bond acceptors (Lipinski definition) is 6. The largest absolute Gasteiger partial charge is 0.485 e. The highest BCUT2D eigenvalue weighted by atomic mass is 19.4. The van der Waals surface area contributed by atoms with Gasteiger partial charge in [0.05, 0.1) is 5.56 Å². The SMILES string of the molecule is O=C(Nc1nnc([C@H]2COc3ccccc3O2)o1)c1cccc(C(F)(F)F)c1. The van der Waals surface area contributed by atoms with Crippen LogP contribution >= 0.6 is 0 Å². The second-order valence-electron chi connectivity index (χ2n) is 5.84. The van der Waals surface area contributed by atoms with Gasteiger partial charge in [-0.2, -0.15) is 13.2 Å². The molecular weight excluding hydrogens is 379 g/mol. The summed E-state index contributed by atoms with van der Waals surface area (Å²) in [4.78, 5) is 12.2. The van der Waals surface area contributed by atoms with Gasteiger partial charge in [0.1, 0.15) is 6.61 Å². The van der Waals surface area contributed by atoms with Crippen molar-refractivity contribution >= 4 is 11.9 Å². The fourth-order valence-electron chi connectivity index (χ4n) is 2.56. The number of benzene rings is 2. The van der Waals surface area contributed by atoms with Crippen LogP contribution < -0.4 is 14.8 Å². The molecule has 1 atom stereocenters. The van der Waals surface area contributed by atoms with Crippen LogP contribution in [0.3, 0.4) is 0 Å². The Balaban J connectivity index is 1.46. The van der Waals surface area contributed by atoms with Crippen molar-refractivity contribution in [1.82, 2.24) is 10.2 Å². The van der Waals surface area contributed by atoms with Crippen molar-refractivity contribution in [1.29, 1.82) is 0 Å². The van der Waals surface area contributed by atoms with E-state index >= 15 is 0 Å². The Morgan fingerprint density at radius 2 is 1.86 bits per heavy atom. The highest BCUT2D eigenvalue weighted by molar-refractivity contribution is 6.03. The number of nitrogens with one attached hydrogen (secondary N) is 1. The summed E-state index contributed by atoms with van der Waals surface area (Å²) in [6, 6.07) is 10.8. The highest BCUT2D eigenvalue weighted by Gasteiger charge is 2.31. The third-order valence-corrected chi connectivity index (χ3v) is 3.90. The van der Waals surface area contributed by atoms with Gasteiger partial charge in [-0.15, -0.1) is 5.10 Å². The van der Waals surface area contributed by atoms with Crippen LogP contribution in [-0.4, -0.2) is 22.7 Å². The molecule has 10 heteroatoms. The van der Waals surface area contributed by atoms with Crippen molar-refractivity contribution in [2.75, 3.05) is 11.9 Å². The van der Waals surface area contributed by atoms with E-state index in [0.29, 0.717) is 11.5 Å². The van der Waals surface area contributed by atoms with Gasteiger partial charge in [0.2, 0.25) is 6.10 Å². The monoisotopic (exact) mass is 391 g/mol. The molecule has 1 aromatic heterocycles. The summed E-state index contributed by atoms with van der Waals surface area (Å²) in [5.74, 6) is 0.337. The molecule has 4 rings (SSSR count). The molecule has 1 aliphatic heterocycles. The maximum Gasteiger partial charge on any atom is 0.416 e. The van der Waals surface area contributed by atoms with Crippen LogP contribution in [0.1, 0.15) is 27.9 Å². The van der Waals surface area contributed by atoms with E-state index < -0.39 is 23.8 Å². The average molecular weight is 391 g/mol. The molecule has 0 fully saturated rings. The lowest BCUT2D eigenvalue weighted by Crippen LogP contribution is -2.21. The normalized spacial score (nSPS) is 15.9. The van der Waals surface area contributed by atoms with Crippen molar-refractivity contribution in [2.24, 2.45) is 0 Å². The molecule has 0 saturated heterocycles. The molecule has 3 aromatic rings. The number of halogens is 3. The Morgan fingerprint density at radius 3 is 2.64 bits per heavy atom. The second kappa shape index (κ2) is 6.87. The maximum absolute atomic E-state index is 12.8. The van der Waals surface area contributed by atoms with Crippen LogP contribution in [0.4, 0.5) is 19.2 Å². The minimum atomic E-state index is -4.55. The van der Waals surface area contributed by atoms with Gasteiger partial charge < -0.3 is 13.9 Å². The molecule has 0 bridgehead atoms. The standard InChI is InChI=1S/C18H12F3N3O4/c19-18(20,21)11-5-3-4-10(8-11)15(25)22-17-24-23-16(28-17)14-9-26-12-6-1-2-7-13(12)27-14/h1-8,14H,9H2,(H,22,24,25)/t14-/m1/s1. The van der Waals surface area contributed by atoms with Crippen LogP contribution in [0.5, 0.6) is 11.5 Å². The number of aromatic nitrogens is 2. The van der Waals surface area contributed by atoms with Gasteiger partial charge in [0.15, 0.2) is 11.5 Å². The smallest absolute Gasteiger partial charge is 0.416 e. The molecule has 1 amide bonds. The quantitative estimate of drug-likeness (QED) is 0.730. The zero-order valence-corrected chi connectivity index (χ0v) is 14.1. The predicted octanol–water partition coefficient (Wildman–Crippen LogP) is 3.85. The fraction of sp³-hybridized carbons (Fsp3) is 0.167. The van der Waals surface area contributed by atoms with E-state index in [-0.39, 0.29) is 24.1 Å². The third kappa shape index (κ3) is 3.61. The Kier molecular flexibility index (Phi) is 4.38. The number of anilines is 1. The third-order valence-electron chi connectivity index (χ3n) is 3.90. The zero-order chi connectivity index (χ0) is 19.7. The minimum Gasteiger partial charge on any atom is -0.485 e. The molecule has 2 heterocycles. The lowest BCUT2D eigenvalue weighted by Gasteiger charge is -2.23. The number of rotatable bonds is 3. The molecule has 28 heavy (non-hydrogen) atoms. The molecule has 1 aliphatic rings. The molecule has 7 nitrogen and oxygen atoms in total. The Bertz CT molecular complexity index is 1020. The van der Waals surface area contributed by atoms with Crippen molar-refractivity contribution in [3.8, 4) is 11.5 Å². The Morgan fingerprint density at radius 1 is 1.07 bits per heavy atom. The van der Waals surface area contributed by atoms with E-state index in [4.69, 9.17) is 13.9 Å². The number of amides is 1. The molecule has 0 radical (unpaired) electrons. The van der Waals surface area contributed by atoms with Gasteiger partial charge in [0, 0.05) is 5.56 Å². The first kappa shape index (κ1) is 17.8. The summed E-state index contributed by atoms with van der Waals surface area (Å²) >= 11 is 0. The van der Waals surface area contributed by atoms with Crippen LogP contribution in [0.2, 0.25) is 0 Å². The van der Waals surface area contributed by atoms with Gasteiger partial charge in [-0.25, -0.2) is 0 Å². The van der Waals surface area contributed by atoms with Gasteiger partial charge in [0.25, 0.3) is 11.8 Å². The van der Waals surface area contributed by atoms with Gasteiger partial charge >= 0.3 is 12.2 Å². The van der Waals surface area contributed by atoms with Crippen LogP contribution in [0, 0.1) is 0 Å². The van der Waals surface area contributed by atoms with E-state index in [1.54, 1.807) is 24.3 Å². The van der Waals surface area contributed by atoms with Gasteiger partial charge in [-0.1, -0.05) is 23.3 Å². The lowest BCUT2D eigenvalue weighted by atomic mass is 10.1. The lowest BCUT2D eigenvalue weighted by molar-refractivity contribution is -0.137. The number of ether oxygens (including phenoxy) is 2. The summed E-state index contributed by atoms with van der Waals surface area (Å²) in [6.45, 7) is 0.125. The van der Waals surface area contributed by atoms with Crippen molar-refractivity contribution in [2.45, 2.75) is 12.3 Å². The van der Waals surface area contributed by atoms with Crippen molar-refractivity contribution in [3.05, 3.63) is 65.5 Å². The topological polar surface area (TPSA) is 86.5 Å². The molecular formula is C18H12F3N3O4. The molecule has 2 aromatic carbocycles. The van der Waals surface area contributed by atoms with Gasteiger partial charge in [-0.05, 0) is 30.3 Å². The fourth-order valence-corrected chi connectivity index (χ4v) is 2.56. The highest BCUT2D eigenvalue weighted by Crippen LogP contribution is 2.35. The van der Waals surface area contributed by atoms with Crippen LogP contribution in [-0.2, 0) is 6.18 Å². The van der Waals surface area contributed by atoms with E-state index in [2.05, 4.69) is 15.5 Å². The molecule has 0 aliphatic carbocycles. The second-order valence-corrected chi connectivity index (χ2v) is 5.84. The summed E-state index contributed by atoms with van der Waals surface area (Å²) in [5.41, 5.74) is -1.13. The predicted molar refractivity (Wildman–Crippen MR) is 89.0 cm³/mol. The van der Waals surface area contributed by atoms with Crippen molar-refractivity contribution in [3.63, 3.8) is 0 Å². The van der Waals surface area contributed by atoms with Gasteiger partial charge in [-0.3, -0.25) is 10.1 Å². The number of nitrogens with zero attached hydrogens (tertiary/aromatic N) is 2. The summed E-state index contributed by atoms with van der Waals surface area (Å²) < 4.78 is 54.9. The molecule has 144 valence electrons. The van der Waals surface area contributed by atoms with E-state index in [1.165, 1.54) is 6.07 Å². The number of hydrogen-bond donors (Lipinski definition) is 1. The number of fused-ring (bicyclic) bond motifs is 1. The molecule has 1 N–H and O–H groups in total. The van der Waals surface area contributed by atoms with Crippen molar-refractivity contribution < 1.29 is 31.9 Å². The van der Waals surface area contributed by atoms with Crippen LogP contribution in [0.25, 0.3) is 0 Å². The van der Waals surface area contributed by atoms with Crippen LogP contribution in [0.15, 0.2) is 52.9 Å². The minimum absolute atomic E-state index is 0.0637. The first-order chi connectivity index (χ1) is 13.4. The Hall–Kier alpha value is -3.56. The molecule has 0 spiro atoms. The van der Waals surface area contributed by atoms with E-state index in [0.717, 1.165) is 18.2 Å². The summed E-state index contributed by atoms with van der Waals surface area (Å²) in [6.07, 6.45) is -5.23. The number of carbonyl (C=O) groups excluding carboxylic acids is 1. The first-order valence-electron chi connectivity index (χ1n) is 8.10. The maximum atomic E-state index is 12.8. The average Bonchev–Trinajstić information content (AvgIpc) is 3.15. The Labute approximate surface area is 156 Å². The molecule has 0 unspecified atom stereocenters. The number of carbonyl (C=O) groups is 1. The number of alkyl halides is 3.